The summed E-state index contributed by atoms with van der Waals surface area (Å²) in [4.78, 5) is 10.7. The highest BCUT2D eigenvalue weighted by molar-refractivity contribution is 7.92. The van der Waals surface area contributed by atoms with Crippen molar-refractivity contribution in [1.82, 2.24) is 9.78 Å². The van der Waals surface area contributed by atoms with Gasteiger partial charge in [0.1, 0.15) is 5.69 Å². The molecule has 10 heteroatoms. The van der Waals surface area contributed by atoms with Crippen LogP contribution in [0.1, 0.15) is 16.7 Å². The summed E-state index contributed by atoms with van der Waals surface area (Å²) in [6.45, 7) is 6.54. The Kier molecular flexibility index (Phi) is 6.06. The molecular formula is C20H23N5O4S. The van der Waals surface area contributed by atoms with E-state index in [9.17, 15) is 18.5 Å². The smallest absolute Gasteiger partial charge is 0.293 e. The fourth-order valence-electron chi connectivity index (χ4n) is 3.01. The minimum atomic E-state index is -3.98. The van der Waals surface area contributed by atoms with Crippen molar-refractivity contribution in [3.8, 4) is 0 Å². The Balaban J connectivity index is 1.80. The molecule has 0 unspecified atom stereocenters. The fraction of sp³-hybridized carbons (Fsp3) is 0.250. The third-order valence-corrected chi connectivity index (χ3v) is 5.88. The predicted molar refractivity (Wildman–Crippen MR) is 115 cm³/mol. The number of benzene rings is 2. The molecule has 0 atom stereocenters. The lowest BCUT2D eigenvalue weighted by molar-refractivity contribution is -0.384. The van der Waals surface area contributed by atoms with E-state index in [0.29, 0.717) is 18.8 Å². The number of anilines is 2. The van der Waals surface area contributed by atoms with E-state index >= 15 is 0 Å². The second-order valence-corrected chi connectivity index (χ2v) is 8.75. The third-order valence-electron chi connectivity index (χ3n) is 4.52. The van der Waals surface area contributed by atoms with Crippen molar-refractivity contribution in [2.75, 3.05) is 16.6 Å². The maximum Gasteiger partial charge on any atom is 0.293 e. The van der Waals surface area contributed by atoms with E-state index in [2.05, 4.69) is 15.1 Å². The van der Waals surface area contributed by atoms with Crippen LogP contribution in [0.25, 0.3) is 0 Å². The zero-order valence-electron chi connectivity index (χ0n) is 16.9. The van der Waals surface area contributed by atoms with Gasteiger partial charge in [-0.15, -0.1) is 0 Å². The molecule has 0 aliphatic rings. The Labute approximate surface area is 174 Å². The van der Waals surface area contributed by atoms with E-state index in [0.717, 1.165) is 22.8 Å². The Morgan fingerprint density at radius 1 is 1.07 bits per heavy atom. The summed E-state index contributed by atoms with van der Waals surface area (Å²) in [5.74, 6) is 0. The van der Waals surface area contributed by atoms with Crippen LogP contribution in [-0.4, -0.2) is 29.7 Å². The highest BCUT2D eigenvalue weighted by atomic mass is 32.2. The van der Waals surface area contributed by atoms with Gasteiger partial charge in [-0.2, -0.15) is 5.10 Å². The molecule has 3 aromatic rings. The van der Waals surface area contributed by atoms with Gasteiger partial charge in [0.15, 0.2) is 0 Å². The molecule has 9 nitrogen and oxygen atoms in total. The Hall–Kier alpha value is -3.40. The molecule has 0 saturated heterocycles. The zero-order valence-corrected chi connectivity index (χ0v) is 17.7. The number of hydrogen-bond acceptors (Lipinski definition) is 6. The van der Waals surface area contributed by atoms with E-state index in [1.54, 1.807) is 29.9 Å². The van der Waals surface area contributed by atoms with Crippen LogP contribution in [0.5, 0.6) is 0 Å². The van der Waals surface area contributed by atoms with Gasteiger partial charge in [-0.25, -0.2) is 8.42 Å². The summed E-state index contributed by atoms with van der Waals surface area (Å²) in [5, 5.41) is 18.7. The third kappa shape index (κ3) is 4.95. The average molecular weight is 430 g/mol. The van der Waals surface area contributed by atoms with Crippen molar-refractivity contribution in [3.63, 3.8) is 0 Å². The van der Waals surface area contributed by atoms with E-state index in [1.165, 1.54) is 12.1 Å². The van der Waals surface area contributed by atoms with Crippen LogP contribution in [0.15, 0.2) is 53.7 Å². The average Bonchev–Trinajstić information content (AvgIpc) is 3.09. The SMILES string of the molecule is Cc1ccc(NS(=O)(=O)c2ccc(NCCn3cc(C)cn3)c([N+](=O)[O-])c2)c(C)c1. The number of aryl methyl sites for hydroxylation is 3. The van der Waals surface area contributed by atoms with Crippen LogP contribution in [-0.2, 0) is 16.6 Å². The number of hydrogen-bond donors (Lipinski definition) is 2. The first kappa shape index (κ1) is 21.3. The molecule has 0 aliphatic carbocycles. The highest BCUT2D eigenvalue weighted by Gasteiger charge is 2.22. The number of nitro groups is 1. The zero-order chi connectivity index (χ0) is 21.9. The molecule has 1 heterocycles. The normalized spacial score (nSPS) is 11.3. The van der Waals surface area contributed by atoms with Crippen molar-refractivity contribution in [2.24, 2.45) is 0 Å². The molecule has 2 N–H and O–H groups in total. The molecule has 0 spiro atoms. The first-order valence-corrected chi connectivity index (χ1v) is 10.8. The van der Waals surface area contributed by atoms with E-state index in [-0.39, 0.29) is 16.3 Å². The molecule has 30 heavy (non-hydrogen) atoms. The lowest BCUT2D eigenvalue weighted by Crippen LogP contribution is -2.15. The quantitative estimate of drug-likeness (QED) is 0.417. The van der Waals surface area contributed by atoms with Crippen LogP contribution in [0, 0.1) is 30.9 Å². The van der Waals surface area contributed by atoms with Crippen molar-refractivity contribution < 1.29 is 13.3 Å². The molecule has 0 fully saturated rings. The van der Waals surface area contributed by atoms with Gasteiger partial charge < -0.3 is 5.32 Å². The molecule has 3 rings (SSSR count). The van der Waals surface area contributed by atoms with Crippen LogP contribution in [0.2, 0.25) is 0 Å². The molecule has 0 radical (unpaired) electrons. The van der Waals surface area contributed by atoms with Gasteiger partial charge in [-0.3, -0.25) is 19.5 Å². The summed E-state index contributed by atoms with van der Waals surface area (Å²) >= 11 is 0. The van der Waals surface area contributed by atoms with Gasteiger partial charge in [0, 0.05) is 18.8 Å². The molecule has 2 aromatic carbocycles. The van der Waals surface area contributed by atoms with Crippen LogP contribution in [0.4, 0.5) is 17.1 Å². The van der Waals surface area contributed by atoms with Gasteiger partial charge in [-0.05, 0) is 50.1 Å². The summed E-state index contributed by atoms with van der Waals surface area (Å²) in [6, 6.07) is 9.13. The first-order valence-electron chi connectivity index (χ1n) is 9.27. The molecule has 1 aromatic heterocycles. The van der Waals surface area contributed by atoms with E-state index in [4.69, 9.17) is 0 Å². The number of nitrogens with zero attached hydrogens (tertiary/aromatic N) is 3. The molecule has 0 saturated carbocycles. The topological polar surface area (TPSA) is 119 Å². The van der Waals surface area contributed by atoms with Gasteiger partial charge >= 0.3 is 0 Å². The van der Waals surface area contributed by atoms with Gasteiger partial charge in [0.25, 0.3) is 15.7 Å². The van der Waals surface area contributed by atoms with Crippen LogP contribution < -0.4 is 10.0 Å². The number of nitrogens with one attached hydrogen (secondary N) is 2. The minimum absolute atomic E-state index is 0.178. The van der Waals surface area contributed by atoms with E-state index < -0.39 is 14.9 Å². The summed E-state index contributed by atoms with van der Waals surface area (Å²) in [7, 11) is -3.98. The number of nitro benzene ring substituents is 1. The van der Waals surface area contributed by atoms with Gasteiger partial charge in [0.05, 0.1) is 28.2 Å². The molecular weight excluding hydrogens is 406 g/mol. The minimum Gasteiger partial charge on any atom is -0.378 e. The van der Waals surface area contributed by atoms with Crippen molar-refractivity contribution in [3.05, 3.63) is 75.6 Å². The first-order chi connectivity index (χ1) is 14.2. The lowest BCUT2D eigenvalue weighted by Gasteiger charge is -2.12. The van der Waals surface area contributed by atoms with Crippen LogP contribution >= 0.6 is 0 Å². The standard InChI is InChI=1S/C20H23N5O4S/c1-14-4-6-18(16(3)10-14)23-30(28,29)17-5-7-19(20(11-17)25(26)27)21-8-9-24-13-15(2)12-22-24/h4-7,10-13,21,23H,8-9H2,1-3H3. The van der Waals surface area contributed by atoms with Crippen molar-refractivity contribution >= 4 is 27.1 Å². The maximum absolute atomic E-state index is 12.8. The Morgan fingerprint density at radius 2 is 1.80 bits per heavy atom. The van der Waals surface area contributed by atoms with Crippen LogP contribution in [0.3, 0.4) is 0 Å². The number of rotatable bonds is 8. The van der Waals surface area contributed by atoms with Gasteiger partial charge in [0.2, 0.25) is 0 Å². The highest BCUT2D eigenvalue weighted by Crippen LogP contribution is 2.29. The molecule has 0 aliphatic heterocycles. The second-order valence-electron chi connectivity index (χ2n) is 7.07. The molecule has 0 amide bonds. The van der Waals surface area contributed by atoms with Gasteiger partial charge in [-0.1, -0.05) is 17.7 Å². The lowest BCUT2D eigenvalue weighted by atomic mass is 10.1. The largest absolute Gasteiger partial charge is 0.378 e. The summed E-state index contributed by atoms with van der Waals surface area (Å²) in [6.07, 6.45) is 3.59. The number of aromatic nitrogens is 2. The summed E-state index contributed by atoms with van der Waals surface area (Å²) in [5.41, 5.74) is 3.16. The second kappa shape index (κ2) is 8.54. The van der Waals surface area contributed by atoms with E-state index in [1.807, 2.05) is 26.1 Å². The number of sulfonamides is 1. The predicted octanol–water partition coefficient (Wildman–Crippen LogP) is 3.63. The Morgan fingerprint density at radius 3 is 2.43 bits per heavy atom. The molecule has 158 valence electrons. The van der Waals surface area contributed by atoms with Crippen molar-refractivity contribution in [1.29, 1.82) is 0 Å². The van der Waals surface area contributed by atoms with Crippen molar-refractivity contribution in [2.45, 2.75) is 32.2 Å². The maximum atomic E-state index is 12.8. The monoisotopic (exact) mass is 429 g/mol. The molecule has 0 bridgehead atoms. The Bertz CT molecular complexity index is 1190. The summed E-state index contributed by atoms with van der Waals surface area (Å²) < 4.78 is 29.7. The fourth-order valence-corrected chi connectivity index (χ4v) is 4.16.